The Morgan fingerprint density at radius 1 is 1.42 bits per heavy atom. The molecular weight excluding hydrogens is 326 g/mol. The molecule has 2 N–H and O–H groups in total. The van der Waals surface area contributed by atoms with Crippen molar-refractivity contribution in [3.05, 3.63) is 42.0 Å². The summed E-state index contributed by atoms with van der Waals surface area (Å²) in [5.41, 5.74) is 8.67. The lowest BCUT2D eigenvalue weighted by Crippen LogP contribution is -2.45. The van der Waals surface area contributed by atoms with Crippen LogP contribution in [0.5, 0.6) is 0 Å². The van der Waals surface area contributed by atoms with Gasteiger partial charge in [0, 0.05) is 24.7 Å². The van der Waals surface area contributed by atoms with Crippen molar-refractivity contribution in [3.8, 4) is 5.69 Å². The molecule has 7 heteroatoms. The van der Waals surface area contributed by atoms with Crippen molar-refractivity contribution >= 4 is 18.3 Å². The number of aryl methyl sites for hydroxylation is 1. The number of benzene rings is 1. The van der Waals surface area contributed by atoms with Crippen molar-refractivity contribution in [3.63, 3.8) is 0 Å². The maximum atomic E-state index is 12.8. The second kappa shape index (κ2) is 7.77. The summed E-state index contributed by atoms with van der Waals surface area (Å²) in [6.45, 7) is 5.57. The molecule has 1 fully saturated rings. The van der Waals surface area contributed by atoms with Crippen molar-refractivity contribution in [1.29, 1.82) is 0 Å². The maximum Gasteiger partial charge on any atom is 0.253 e. The fraction of sp³-hybridized carbons (Fsp3) is 0.471. The van der Waals surface area contributed by atoms with E-state index in [0.717, 1.165) is 42.7 Å². The average molecular weight is 350 g/mol. The molecule has 1 amide bonds. The van der Waals surface area contributed by atoms with Crippen LogP contribution in [0.1, 0.15) is 35.7 Å². The Balaban J connectivity index is 0.00000208. The van der Waals surface area contributed by atoms with E-state index in [1.807, 2.05) is 36.9 Å². The van der Waals surface area contributed by atoms with Crippen molar-refractivity contribution in [2.75, 3.05) is 13.1 Å². The first-order valence-corrected chi connectivity index (χ1v) is 8.07. The smallest absolute Gasteiger partial charge is 0.253 e. The monoisotopic (exact) mass is 349 g/mol. The Kier molecular flexibility index (Phi) is 5.96. The number of nitrogens with zero attached hydrogens (tertiary/aromatic N) is 4. The number of amides is 1. The Hall–Kier alpha value is -1.92. The van der Waals surface area contributed by atoms with E-state index in [1.54, 1.807) is 11.0 Å². The summed E-state index contributed by atoms with van der Waals surface area (Å²) in [6, 6.07) is 5.84. The third-order valence-corrected chi connectivity index (χ3v) is 4.60. The molecule has 3 rings (SSSR count). The van der Waals surface area contributed by atoms with Crippen molar-refractivity contribution in [1.82, 2.24) is 19.7 Å². The molecule has 0 spiro atoms. The van der Waals surface area contributed by atoms with Gasteiger partial charge in [0.15, 0.2) is 0 Å². The van der Waals surface area contributed by atoms with Crippen LogP contribution in [0, 0.1) is 12.8 Å². The SMILES string of the molecule is Cc1cc(C(=O)N2CCCC(C(C)N)C2)ccc1-n1cncn1.Cl. The summed E-state index contributed by atoms with van der Waals surface area (Å²) in [6.07, 6.45) is 5.28. The predicted molar refractivity (Wildman–Crippen MR) is 95.6 cm³/mol. The van der Waals surface area contributed by atoms with Gasteiger partial charge in [0.05, 0.1) is 5.69 Å². The van der Waals surface area contributed by atoms with E-state index in [-0.39, 0.29) is 24.4 Å². The normalized spacial score (nSPS) is 18.8. The molecule has 0 aliphatic carbocycles. The van der Waals surface area contributed by atoms with Crippen LogP contribution in [0.2, 0.25) is 0 Å². The fourth-order valence-electron chi connectivity index (χ4n) is 3.18. The third kappa shape index (κ3) is 3.76. The highest BCUT2D eigenvalue weighted by Crippen LogP contribution is 2.22. The molecule has 1 aliphatic heterocycles. The van der Waals surface area contributed by atoms with Gasteiger partial charge in [0.25, 0.3) is 5.91 Å². The summed E-state index contributed by atoms with van der Waals surface area (Å²) in [4.78, 5) is 18.7. The zero-order valence-corrected chi connectivity index (χ0v) is 14.9. The molecule has 1 aromatic heterocycles. The van der Waals surface area contributed by atoms with Gasteiger partial charge in [-0.1, -0.05) is 0 Å². The topological polar surface area (TPSA) is 77.0 Å². The van der Waals surface area contributed by atoms with Crippen LogP contribution in [0.3, 0.4) is 0 Å². The predicted octanol–water partition coefficient (Wildman–Crippen LogP) is 2.20. The van der Waals surface area contributed by atoms with Gasteiger partial charge in [-0.15, -0.1) is 12.4 Å². The Morgan fingerprint density at radius 3 is 2.83 bits per heavy atom. The molecule has 1 aliphatic rings. The number of rotatable bonds is 3. The standard InChI is InChI=1S/C17H23N5O.ClH/c1-12-8-14(5-6-16(12)22-11-19-10-20-22)17(23)21-7-3-4-15(9-21)13(2)18;/h5-6,8,10-11,13,15H,3-4,7,9,18H2,1-2H3;1H. The molecule has 6 nitrogen and oxygen atoms in total. The van der Waals surface area contributed by atoms with E-state index in [2.05, 4.69) is 10.1 Å². The Morgan fingerprint density at radius 2 is 2.21 bits per heavy atom. The first kappa shape index (κ1) is 18.4. The zero-order chi connectivity index (χ0) is 16.4. The highest BCUT2D eigenvalue weighted by molar-refractivity contribution is 5.94. The molecular formula is C17H24ClN5O. The van der Waals surface area contributed by atoms with E-state index >= 15 is 0 Å². The van der Waals surface area contributed by atoms with Gasteiger partial charge in [0.2, 0.25) is 0 Å². The van der Waals surface area contributed by atoms with Crippen LogP contribution in [0.15, 0.2) is 30.9 Å². The van der Waals surface area contributed by atoms with Crippen molar-refractivity contribution in [2.45, 2.75) is 32.7 Å². The van der Waals surface area contributed by atoms with Gasteiger partial charge in [0.1, 0.15) is 12.7 Å². The van der Waals surface area contributed by atoms with E-state index in [0.29, 0.717) is 5.92 Å². The second-order valence-corrected chi connectivity index (χ2v) is 6.35. The molecule has 0 saturated carbocycles. The lowest BCUT2D eigenvalue weighted by Gasteiger charge is -2.34. The highest BCUT2D eigenvalue weighted by atomic mass is 35.5. The van der Waals surface area contributed by atoms with E-state index < -0.39 is 0 Å². The molecule has 1 saturated heterocycles. The number of aromatic nitrogens is 3. The quantitative estimate of drug-likeness (QED) is 0.921. The molecule has 2 heterocycles. The molecule has 2 atom stereocenters. The van der Waals surface area contributed by atoms with Gasteiger partial charge < -0.3 is 10.6 Å². The van der Waals surface area contributed by atoms with Gasteiger partial charge in [-0.2, -0.15) is 5.10 Å². The molecule has 0 radical (unpaired) electrons. The number of carbonyl (C=O) groups excluding carboxylic acids is 1. The third-order valence-electron chi connectivity index (χ3n) is 4.60. The maximum absolute atomic E-state index is 12.8. The number of nitrogens with two attached hydrogens (primary N) is 1. The first-order valence-electron chi connectivity index (χ1n) is 8.07. The molecule has 1 aromatic carbocycles. The lowest BCUT2D eigenvalue weighted by molar-refractivity contribution is 0.0661. The minimum absolute atomic E-state index is 0. The second-order valence-electron chi connectivity index (χ2n) is 6.35. The lowest BCUT2D eigenvalue weighted by atomic mass is 9.92. The minimum Gasteiger partial charge on any atom is -0.338 e. The molecule has 0 bridgehead atoms. The summed E-state index contributed by atoms with van der Waals surface area (Å²) >= 11 is 0. The number of halogens is 1. The Bertz CT molecular complexity index is 686. The number of likely N-dealkylation sites (tertiary alicyclic amines) is 1. The number of hydrogen-bond acceptors (Lipinski definition) is 4. The molecule has 130 valence electrons. The van der Waals surface area contributed by atoms with Crippen LogP contribution >= 0.6 is 12.4 Å². The van der Waals surface area contributed by atoms with E-state index in [1.165, 1.54) is 6.33 Å². The largest absolute Gasteiger partial charge is 0.338 e. The minimum atomic E-state index is 0. The summed E-state index contributed by atoms with van der Waals surface area (Å²) in [5.74, 6) is 0.479. The van der Waals surface area contributed by atoms with Crippen LogP contribution in [-0.4, -0.2) is 44.7 Å². The number of piperidine rings is 1. The van der Waals surface area contributed by atoms with Gasteiger partial charge in [-0.05, 0) is 56.4 Å². The number of hydrogen-bond donors (Lipinski definition) is 1. The fourth-order valence-corrected chi connectivity index (χ4v) is 3.18. The van der Waals surface area contributed by atoms with Crippen LogP contribution in [0.25, 0.3) is 5.69 Å². The molecule has 2 aromatic rings. The van der Waals surface area contributed by atoms with Crippen LogP contribution in [0.4, 0.5) is 0 Å². The van der Waals surface area contributed by atoms with E-state index in [9.17, 15) is 4.79 Å². The first-order chi connectivity index (χ1) is 11.1. The molecule has 24 heavy (non-hydrogen) atoms. The van der Waals surface area contributed by atoms with Gasteiger partial charge >= 0.3 is 0 Å². The van der Waals surface area contributed by atoms with Crippen molar-refractivity contribution < 1.29 is 4.79 Å². The van der Waals surface area contributed by atoms with Crippen LogP contribution in [-0.2, 0) is 0 Å². The summed E-state index contributed by atoms with van der Waals surface area (Å²) in [5, 5.41) is 4.14. The zero-order valence-electron chi connectivity index (χ0n) is 14.1. The Labute approximate surface area is 148 Å². The van der Waals surface area contributed by atoms with Crippen LogP contribution < -0.4 is 5.73 Å². The number of carbonyl (C=O) groups is 1. The highest BCUT2D eigenvalue weighted by Gasteiger charge is 2.26. The molecule has 2 unspecified atom stereocenters. The summed E-state index contributed by atoms with van der Waals surface area (Å²) < 4.78 is 1.70. The van der Waals surface area contributed by atoms with E-state index in [4.69, 9.17) is 5.73 Å². The van der Waals surface area contributed by atoms with Gasteiger partial charge in [-0.25, -0.2) is 9.67 Å². The van der Waals surface area contributed by atoms with Gasteiger partial charge in [-0.3, -0.25) is 4.79 Å². The average Bonchev–Trinajstić information content (AvgIpc) is 3.08. The van der Waals surface area contributed by atoms with Crippen molar-refractivity contribution in [2.24, 2.45) is 11.7 Å². The summed E-state index contributed by atoms with van der Waals surface area (Å²) in [7, 11) is 0.